The lowest BCUT2D eigenvalue weighted by Gasteiger charge is -2.27. The highest BCUT2D eigenvalue weighted by Gasteiger charge is 2.58. The molecule has 8 nitrogen and oxygen atoms in total. The van der Waals surface area contributed by atoms with Crippen LogP contribution < -0.4 is 0 Å². The van der Waals surface area contributed by atoms with Crippen molar-refractivity contribution in [3.05, 3.63) is 34.3 Å². The number of nitrogens with zero attached hydrogens (tertiary/aromatic N) is 5. The number of thiazole rings is 1. The summed E-state index contributed by atoms with van der Waals surface area (Å²) < 4.78 is 7.11. The lowest BCUT2D eigenvalue weighted by atomic mass is 9.75. The van der Waals surface area contributed by atoms with Gasteiger partial charge in [-0.3, -0.25) is 9.59 Å². The van der Waals surface area contributed by atoms with E-state index in [0.29, 0.717) is 38.6 Å². The van der Waals surface area contributed by atoms with Crippen LogP contribution in [0.25, 0.3) is 0 Å². The van der Waals surface area contributed by atoms with Crippen molar-refractivity contribution in [2.75, 3.05) is 33.4 Å². The van der Waals surface area contributed by atoms with Crippen LogP contribution in [0.3, 0.4) is 0 Å². The predicted octanol–water partition coefficient (Wildman–Crippen LogP) is 2.22. The molecule has 2 aliphatic rings. The van der Waals surface area contributed by atoms with Crippen molar-refractivity contribution in [3.8, 4) is 0 Å². The number of rotatable bonds is 6. The summed E-state index contributed by atoms with van der Waals surface area (Å²) in [4.78, 5) is 39.1. The molecule has 0 aliphatic carbocycles. The van der Waals surface area contributed by atoms with Gasteiger partial charge in [0, 0.05) is 50.3 Å². The average molecular weight is 432 g/mol. The van der Waals surface area contributed by atoms with Crippen LogP contribution in [0, 0.1) is 12.3 Å². The van der Waals surface area contributed by atoms with Gasteiger partial charge in [-0.1, -0.05) is 0 Å². The average Bonchev–Trinajstić information content (AvgIpc) is 3.47. The maximum absolute atomic E-state index is 13.7. The highest BCUT2D eigenvalue weighted by atomic mass is 32.1. The number of hydrogen-bond acceptors (Lipinski definition) is 6. The van der Waals surface area contributed by atoms with E-state index in [1.165, 1.54) is 7.11 Å². The van der Waals surface area contributed by atoms with E-state index in [4.69, 9.17) is 4.74 Å². The van der Waals surface area contributed by atoms with Crippen molar-refractivity contribution in [1.82, 2.24) is 24.3 Å². The molecule has 0 bridgehead atoms. The van der Waals surface area contributed by atoms with Crippen LogP contribution in [0.4, 0.5) is 0 Å². The van der Waals surface area contributed by atoms with Gasteiger partial charge in [0.05, 0.1) is 34.7 Å². The number of aryl methyl sites for hydroxylation is 1. The normalized spacial score (nSPS) is 24.0. The van der Waals surface area contributed by atoms with Gasteiger partial charge in [0.25, 0.3) is 0 Å². The molecule has 2 saturated heterocycles. The molecule has 9 heteroatoms. The lowest BCUT2D eigenvalue weighted by Crippen LogP contribution is -2.40. The molecule has 30 heavy (non-hydrogen) atoms. The highest BCUT2D eigenvalue weighted by Crippen LogP contribution is 2.50. The molecule has 2 fully saturated rings. The van der Waals surface area contributed by atoms with E-state index in [-0.39, 0.29) is 24.3 Å². The van der Waals surface area contributed by atoms with Gasteiger partial charge in [0.15, 0.2) is 0 Å². The van der Waals surface area contributed by atoms with Crippen LogP contribution in [0.5, 0.6) is 0 Å². The molecule has 1 spiro atoms. The molecule has 2 amide bonds. The Hall–Kier alpha value is -2.26. The number of methoxy groups -OCH3 is 1. The Morgan fingerprint density at radius 3 is 2.87 bits per heavy atom. The van der Waals surface area contributed by atoms with E-state index in [1.807, 2.05) is 29.7 Å². The minimum atomic E-state index is -0.634. The molecule has 0 unspecified atom stereocenters. The zero-order valence-corrected chi connectivity index (χ0v) is 18.8. The molecule has 4 heterocycles. The van der Waals surface area contributed by atoms with Crippen LogP contribution in [0.2, 0.25) is 0 Å². The second-order valence-corrected chi connectivity index (χ2v) is 9.65. The standard InChI is InChI=1S/C21H29N5O3S/c1-14(2)26-9-18(22-13-26)17-8-25(19(27)10-29-4)12-21(17)5-6-24(20(21)28)7-16-11-30-15(3)23-16/h9,11,13-14,17H,5-8,10,12H2,1-4H3/t17-,21+/m1/s1. The topological polar surface area (TPSA) is 80.6 Å². The summed E-state index contributed by atoms with van der Waals surface area (Å²) in [6.45, 7) is 8.29. The summed E-state index contributed by atoms with van der Waals surface area (Å²) in [5, 5.41) is 3.01. The highest BCUT2D eigenvalue weighted by molar-refractivity contribution is 7.09. The first-order valence-electron chi connectivity index (χ1n) is 10.3. The lowest BCUT2D eigenvalue weighted by molar-refractivity contribution is -0.138. The molecule has 4 rings (SSSR count). The van der Waals surface area contributed by atoms with Gasteiger partial charge < -0.3 is 19.1 Å². The summed E-state index contributed by atoms with van der Waals surface area (Å²) in [5.41, 5.74) is 1.18. The Labute approximate surface area is 180 Å². The number of hydrogen-bond donors (Lipinski definition) is 0. The fourth-order valence-corrected chi connectivity index (χ4v) is 5.27. The Bertz CT molecular complexity index is 939. The molecule has 162 valence electrons. The van der Waals surface area contributed by atoms with Crippen LogP contribution in [0.1, 0.15) is 48.6 Å². The molecule has 2 aromatic heterocycles. The van der Waals surface area contributed by atoms with Gasteiger partial charge in [-0.2, -0.15) is 0 Å². The second kappa shape index (κ2) is 8.11. The van der Waals surface area contributed by atoms with E-state index in [0.717, 1.165) is 16.4 Å². The van der Waals surface area contributed by atoms with E-state index in [1.54, 1.807) is 16.2 Å². The largest absolute Gasteiger partial charge is 0.375 e. The summed E-state index contributed by atoms with van der Waals surface area (Å²) >= 11 is 1.60. The van der Waals surface area contributed by atoms with E-state index in [9.17, 15) is 9.59 Å². The predicted molar refractivity (Wildman–Crippen MR) is 113 cm³/mol. The van der Waals surface area contributed by atoms with Crippen molar-refractivity contribution in [1.29, 1.82) is 0 Å². The number of ether oxygens (including phenoxy) is 1. The number of amides is 2. The van der Waals surface area contributed by atoms with Gasteiger partial charge in [-0.15, -0.1) is 11.3 Å². The molecule has 2 atom stereocenters. The molecule has 2 aromatic rings. The van der Waals surface area contributed by atoms with Crippen LogP contribution in [-0.2, 0) is 20.9 Å². The van der Waals surface area contributed by atoms with E-state index in [2.05, 4.69) is 28.4 Å². The number of imidazole rings is 1. The summed E-state index contributed by atoms with van der Waals surface area (Å²) in [7, 11) is 1.52. The van der Waals surface area contributed by atoms with E-state index >= 15 is 0 Å². The summed E-state index contributed by atoms with van der Waals surface area (Å²) in [6, 6.07) is 0.290. The Morgan fingerprint density at radius 1 is 1.43 bits per heavy atom. The molecule has 0 aromatic carbocycles. The first-order valence-corrected chi connectivity index (χ1v) is 11.2. The quantitative estimate of drug-likeness (QED) is 0.701. The maximum Gasteiger partial charge on any atom is 0.248 e. The SMILES string of the molecule is COCC(=O)N1C[C@H](c2cn(C(C)C)cn2)[C@]2(CCN(Cc3csc(C)n3)C2=O)C1. The minimum absolute atomic E-state index is 0.0270. The fourth-order valence-electron chi connectivity index (χ4n) is 4.66. The van der Waals surface area contributed by atoms with Gasteiger partial charge in [-0.05, 0) is 27.2 Å². The summed E-state index contributed by atoms with van der Waals surface area (Å²) in [5.74, 6) is -0.0954. The molecule has 2 aliphatic heterocycles. The molecular weight excluding hydrogens is 402 g/mol. The maximum atomic E-state index is 13.7. The van der Waals surface area contributed by atoms with Crippen molar-refractivity contribution >= 4 is 23.2 Å². The van der Waals surface area contributed by atoms with Crippen molar-refractivity contribution in [2.24, 2.45) is 5.41 Å². The third-order valence-electron chi connectivity index (χ3n) is 6.30. The van der Waals surface area contributed by atoms with Crippen molar-refractivity contribution in [3.63, 3.8) is 0 Å². The van der Waals surface area contributed by atoms with E-state index < -0.39 is 5.41 Å². The molecule has 0 saturated carbocycles. The molecular formula is C21H29N5O3S. The number of likely N-dealkylation sites (tertiary alicyclic amines) is 2. The summed E-state index contributed by atoms with van der Waals surface area (Å²) in [6.07, 6.45) is 4.56. The smallest absolute Gasteiger partial charge is 0.248 e. The molecule has 0 N–H and O–H groups in total. The Morgan fingerprint density at radius 2 is 2.23 bits per heavy atom. The first kappa shape index (κ1) is 21.0. The van der Waals surface area contributed by atoms with Crippen LogP contribution in [0.15, 0.2) is 17.9 Å². The van der Waals surface area contributed by atoms with Gasteiger partial charge in [0.2, 0.25) is 11.8 Å². The third kappa shape index (κ3) is 3.65. The van der Waals surface area contributed by atoms with Crippen molar-refractivity contribution in [2.45, 2.75) is 45.7 Å². The van der Waals surface area contributed by atoms with Gasteiger partial charge in [0.1, 0.15) is 6.61 Å². The Balaban J connectivity index is 1.63. The zero-order valence-electron chi connectivity index (χ0n) is 18.0. The van der Waals surface area contributed by atoms with Crippen LogP contribution >= 0.6 is 11.3 Å². The number of carbonyl (C=O) groups is 2. The monoisotopic (exact) mass is 431 g/mol. The van der Waals surface area contributed by atoms with Crippen molar-refractivity contribution < 1.29 is 14.3 Å². The van der Waals surface area contributed by atoms with Gasteiger partial charge in [-0.25, -0.2) is 9.97 Å². The third-order valence-corrected chi connectivity index (χ3v) is 7.12. The Kier molecular flexibility index (Phi) is 5.67. The fraction of sp³-hybridized carbons (Fsp3) is 0.619. The zero-order chi connectivity index (χ0) is 21.5. The van der Waals surface area contributed by atoms with Crippen LogP contribution in [-0.4, -0.2) is 69.5 Å². The number of carbonyl (C=O) groups excluding carboxylic acids is 2. The minimum Gasteiger partial charge on any atom is -0.375 e. The molecule has 0 radical (unpaired) electrons. The first-order chi connectivity index (χ1) is 14.3. The van der Waals surface area contributed by atoms with Gasteiger partial charge >= 0.3 is 0 Å². The second-order valence-electron chi connectivity index (χ2n) is 8.59. The number of aromatic nitrogens is 3.